The second kappa shape index (κ2) is 3.35. The van der Waals surface area contributed by atoms with Crippen LogP contribution in [-0.2, 0) is 0 Å². The third-order valence-electron chi connectivity index (χ3n) is 2.93. The van der Waals surface area contributed by atoms with Gasteiger partial charge in [-0.2, -0.15) is 0 Å². The first kappa shape index (κ1) is 10.0. The third kappa shape index (κ3) is 1.99. The molecule has 2 nitrogen and oxygen atoms in total. The van der Waals surface area contributed by atoms with Gasteiger partial charge < -0.3 is 0 Å². The van der Waals surface area contributed by atoms with Crippen LogP contribution < -0.4 is 5.43 Å². The fourth-order valence-electron chi connectivity index (χ4n) is 1.82. The number of nitrogens with one attached hydrogen (secondary N) is 1. The van der Waals surface area contributed by atoms with E-state index in [1.54, 1.807) is 0 Å². The van der Waals surface area contributed by atoms with Crippen molar-refractivity contribution in [1.82, 2.24) is 10.4 Å². The Labute approximate surface area is 76.3 Å². The summed E-state index contributed by atoms with van der Waals surface area (Å²) in [5.41, 5.74) is 3.92. The molecule has 1 aliphatic rings. The van der Waals surface area contributed by atoms with Crippen LogP contribution in [0.1, 0.15) is 40.5 Å². The number of rotatable bonds is 1. The highest BCUT2D eigenvalue weighted by atomic mass is 15.5. The highest BCUT2D eigenvalue weighted by Crippen LogP contribution is 2.29. The lowest BCUT2D eigenvalue weighted by Gasteiger charge is -2.27. The fraction of sp³-hybridized carbons (Fsp3) is 1.00. The molecule has 0 aromatic rings. The molecule has 2 unspecified atom stereocenters. The SMILES string of the molecule is CCC1CC(C(C)(C)C)NN1C. The number of hydrogen-bond donors (Lipinski definition) is 1. The van der Waals surface area contributed by atoms with Gasteiger partial charge in [0.15, 0.2) is 0 Å². The van der Waals surface area contributed by atoms with Crippen molar-refractivity contribution in [2.75, 3.05) is 7.05 Å². The van der Waals surface area contributed by atoms with E-state index in [4.69, 9.17) is 0 Å². The summed E-state index contributed by atoms with van der Waals surface area (Å²) in [6.45, 7) is 9.16. The van der Waals surface area contributed by atoms with E-state index < -0.39 is 0 Å². The maximum absolute atomic E-state index is 3.53. The molecule has 1 N–H and O–H groups in total. The summed E-state index contributed by atoms with van der Waals surface area (Å²) in [4.78, 5) is 0. The van der Waals surface area contributed by atoms with Crippen molar-refractivity contribution in [3.05, 3.63) is 0 Å². The molecule has 12 heavy (non-hydrogen) atoms. The monoisotopic (exact) mass is 170 g/mol. The Bertz CT molecular complexity index is 148. The molecule has 1 saturated heterocycles. The molecule has 0 bridgehead atoms. The minimum absolute atomic E-state index is 0.387. The Hall–Kier alpha value is -0.0800. The molecule has 1 aliphatic heterocycles. The second-order valence-corrected chi connectivity index (χ2v) is 4.96. The smallest absolute Gasteiger partial charge is 0.0279 e. The number of nitrogens with zero attached hydrogens (tertiary/aromatic N) is 1. The van der Waals surface area contributed by atoms with Crippen molar-refractivity contribution in [2.24, 2.45) is 5.41 Å². The van der Waals surface area contributed by atoms with E-state index in [0.29, 0.717) is 11.5 Å². The average Bonchev–Trinajstić information content (AvgIpc) is 2.29. The summed E-state index contributed by atoms with van der Waals surface area (Å²) in [6.07, 6.45) is 2.53. The van der Waals surface area contributed by atoms with Gasteiger partial charge in [0, 0.05) is 19.1 Å². The van der Waals surface area contributed by atoms with E-state index in [-0.39, 0.29) is 0 Å². The summed E-state index contributed by atoms with van der Waals surface area (Å²) in [5.74, 6) is 0. The highest BCUT2D eigenvalue weighted by molar-refractivity contribution is 4.89. The van der Waals surface area contributed by atoms with Gasteiger partial charge in [0.2, 0.25) is 0 Å². The largest absolute Gasteiger partial charge is 0.252 e. The molecular formula is C10H22N2. The van der Waals surface area contributed by atoms with Crippen molar-refractivity contribution in [3.63, 3.8) is 0 Å². The predicted molar refractivity (Wildman–Crippen MR) is 52.8 cm³/mol. The van der Waals surface area contributed by atoms with Crippen molar-refractivity contribution in [1.29, 1.82) is 0 Å². The molecule has 2 heteroatoms. The Kier molecular flexibility index (Phi) is 2.79. The molecule has 0 saturated carbocycles. The van der Waals surface area contributed by atoms with Gasteiger partial charge >= 0.3 is 0 Å². The Morgan fingerprint density at radius 1 is 1.42 bits per heavy atom. The van der Waals surface area contributed by atoms with Gasteiger partial charge in [-0.1, -0.05) is 27.7 Å². The summed E-state index contributed by atoms with van der Waals surface area (Å²) < 4.78 is 0. The molecule has 0 aliphatic carbocycles. The van der Waals surface area contributed by atoms with Crippen LogP contribution in [0, 0.1) is 5.41 Å². The van der Waals surface area contributed by atoms with E-state index in [9.17, 15) is 0 Å². The molecule has 72 valence electrons. The molecule has 0 spiro atoms. The van der Waals surface area contributed by atoms with Crippen LogP contribution in [0.4, 0.5) is 0 Å². The molecule has 1 heterocycles. The van der Waals surface area contributed by atoms with Crippen molar-refractivity contribution in [2.45, 2.75) is 52.6 Å². The van der Waals surface area contributed by atoms with E-state index in [1.807, 2.05) is 0 Å². The Morgan fingerprint density at radius 2 is 2.00 bits per heavy atom. The summed E-state index contributed by atoms with van der Waals surface area (Å²) >= 11 is 0. The molecule has 0 aromatic carbocycles. The van der Waals surface area contributed by atoms with Crippen LogP contribution in [0.3, 0.4) is 0 Å². The van der Waals surface area contributed by atoms with Crippen LogP contribution in [0.15, 0.2) is 0 Å². The standard InChI is InChI=1S/C10H22N2/c1-6-8-7-9(10(2,3)4)11-12(8)5/h8-9,11H,6-7H2,1-5H3. The fourth-order valence-corrected chi connectivity index (χ4v) is 1.82. The van der Waals surface area contributed by atoms with Crippen molar-refractivity contribution >= 4 is 0 Å². The first-order chi connectivity index (χ1) is 5.45. The van der Waals surface area contributed by atoms with Gasteiger partial charge in [-0.05, 0) is 18.3 Å². The molecule has 1 rings (SSSR count). The van der Waals surface area contributed by atoms with Gasteiger partial charge in [0.1, 0.15) is 0 Å². The first-order valence-corrected chi connectivity index (χ1v) is 4.94. The first-order valence-electron chi connectivity index (χ1n) is 4.94. The maximum Gasteiger partial charge on any atom is 0.0279 e. The molecule has 0 radical (unpaired) electrons. The molecule has 2 atom stereocenters. The van der Waals surface area contributed by atoms with Gasteiger partial charge in [-0.25, -0.2) is 5.01 Å². The molecule has 1 fully saturated rings. The molecule has 0 aromatic heterocycles. The van der Waals surface area contributed by atoms with Gasteiger partial charge in [-0.15, -0.1) is 0 Å². The van der Waals surface area contributed by atoms with E-state index in [0.717, 1.165) is 6.04 Å². The zero-order valence-electron chi connectivity index (χ0n) is 9.02. The zero-order chi connectivity index (χ0) is 9.35. The van der Waals surface area contributed by atoms with E-state index in [1.165, 1.54) is 12.8 Å². The van der Waals surface area contributed by atoms with Crippen LogP contribution in [0.5, 0.6) is 0 Å². The van der Waals surface area contributed by atoms with Crippen LogP contribution >= 0.6 is 0 Å². The van der Waals surface area contributed by atoms with Crippen LogP contribution in [0.2, 0.25) is 0 Å². The van der Waals surface area contributed by atoms with Crippen molar-refractivity contribution < 1.29 is 0 Å². The second-order valence-electron chi connectivity index (χ2n) is 4.96. The zero-order valence-corrected chi connectivity index (χ0v) is 9.02. The lowest BCUT2D eigenvalue weighted by molar-refractivity contribution is 0.190. The summed E-state index contributed by atoms with van der Waals surface area (Å²) in [6, 6.07) is 1.38. The van der Waals surface area contributed by atoms with Crippen LogP contribution in [0.25, 0.3) is 0 Å². The lowest BCUT2D eigenvalue weighted by atomic mass is 9.84. The normalized spacial score (nSPS) is 32.8. The lowest BCUT2D eigenvalue weighted by Crippen LogP contribution is -2.41. The van der Waals surface area contributed by atoms with Crippen LogP contribution in [-0.4, -0.2) is 24.1 Å². The third-order valence-corrected chi connectivity index (χ3v) is 2.93. The number of hydrazine groups is 1. The topological polar surface area (TPSA) is 15.3 Å². The molecule has 0 amide bonds. The van der Waals surface area contributed by atoms with E-state index >= 15 is 0 Å². The van der Waals surface area contributed by atoms with E-state index in [2.05, 4.69) is 45.2 Å². The summed E-state index contributed by atoms with van der Waals surface area (Å²) in [5, 5.41) is 2.27. The predicted octanol–water partition coefficient (Wildman–Crippen LogP) is 2.02. The minimum Gasteiger partial charge on any atom is -0.252 e. The Morgan fingerprint density at radius 3 is 2.25 bits per heavy atom. The van der Waals surface area contributed by atoms with Gasteiger partial charge in [0.05, 0.1) is 0 Å². The highest BCUT2D eigenvalue weighted by Gasteiger charge is 2.34. The maximum atomic E-state index is 3.53. The Balaban J connectivity index is 2.54. The average molecular weight is 170 g/mol. The van der Waals surface area contributed by atoms with Gasteiger partial charge in [0.25, 0.3) is 0 Å². The quantitative estimate of drug-likeness (QED) is 0.647. The van der Waals surface area contributed by atoms with Crippen molar-refractivity contribution in [3.8, 4) is 0 Å². The minimum atomic E-state index is 0.387. The summed E-state index contributed by atoms with van der Waals surface area (Å²) in [7, 11) is 2.15. The number of hydrogen-bond acceptors (Lipinski definition) is 2. The van der Waals surface area contributed by atoms with Gasteiger partial charge in [-0.3, -0.25) is 5.43 Å². The molecular weight excluding hydrogens is 148 g/mol.